The van der Waals surface area contributed by atoms with Crippen LogP contribution in [0.3, 0.4) is 0 Å². The molecule has 0 amide bonds. The molecule has 132 valence electrons. The predicted octanol–water partition coefficient (Wildman–Crippen LogP) is 5.90. The molecule has 23 heavy (non-hydrogen) atoms. The molecule has 2 N–H and O–H groups in total. The van der Waals surface area contributed by atoms with Crippen LogP contribution >= 0.6 is 18.8 Å². The molecule has 3 rings (SSSR count). The standard InChI is InChI=1S/C13H11N2.2CH3.2ClH.HNO2.Pt/c14-13-9-5-1-3-7-11(9)15-12-8-4-2-6-10(12)13;;;;;2-1-3;/h1-8,11,14-15H;2*1H3;2*1H;(H,2,3);/q3*-1;;;;+2/p-3. The molecule has 2 aliphatic rings. The van der Waals surface area contributed by atoms with E-state index >= 15 is 0 Å². The Balaban J connectivity index is 0. The first kappa shape index (κ1) is 24.0. The molecule has 1 aliphatic heterocycles. The van der Waals surface area contributed by atoms with E-state index in [0.717, 1.165) is 22.2 Å². The van der Waals surface area contributed by atoms with Crippen molar-refractivity contribution < 1.29 is 16.5 Å². The number of rotatable bonds is 0. The van der Waals surface area contributed by atoms with Crippen LogP contribution in [0.15, 0.2) is 59.5 Å². The molecule has 1 atom stereocenters. The zero-order chi connectivity index (χ0) is 15.7. The van der Waals surface area contributed by atoms with Crippen LogP contribution in [-0.4, -0.2) is 6.04 Å². The SMILES string of the molecule is O=N[O-].[CH3-].[CH3-].[Cl][Pt][Cl].[NH-]C1=C2C=CC=CC2Nc2ccccc21. The number of allylic oxidation sites excluding steroid dienone is 2. The number of para-hydroxylation sites is 1. The summed E-state index contributed by atoms with van der Waals surface area (Å²) in [5.41, 5.74) is 11.9. The minimum absolute atomic E-state index is 0. The minimum Gasteiger partial charge on any atom is -0.698 e. The molecule has 0 saturated heterocycles. The number of hydrogen-bond donors (Lipinski definition) is 1. The Morgan fingerprint density at radius 1 is 1.22 bits per heavy atom. The van der Waals surface area contributed by atoms with Crippen LogP contribution in [0.5, 0.6) is 0 Å². The molecule has 0 bridgehead atoms. The Morgan fingerprint density at radius 2 is 1.78 bits per heavy atom. The van der Waals surface area contributed by atoms with Crippen molar-refractivity contribution in [3.05, 3.63) is 90.4 Å². The van der Waals surface area contributed by atoms with Gasteiger partial charge in [0.1, 0.15) is 0 Å². The summed E-state index contributed by atoms with van der Waals surface area (Å²) in [6, 6.07) is 8.13. The number of anilines is 1. The zero-order valence-corrected chi connectivity index (χ0v) is 16.3. The van der Waals surface area contributed by atoms with E-state index < -0.39 is 16.5 Å². The molecule has 0 aromatic heterocycles. The third-order valence-electron chi connectivity index (χ3n) is 2.82. The van der Waals surface area contributed by atoms with Crippen molar-refractivity contribution in [3.63, 3.8) is 0 Å². The van der Waals surface area contributed by atoms with Crippen molar-refractivity contribution in [2.45, 2.75) is 6.04 Å². The molecule has 8 heteroatoms. The van der Waals surface area contributed by atoms with Gasteiger partial charge in [0.15, 0.2) is 0 Å². The number of nitrogens with zero attached hydrogens (tertiary/aromatic N) is 1. The predicted molar refractivity (Wildman–Crippen MR) is 97.1 cm³/mol. The summed E-state index contributed by atoms with van der Waals surface area (Å²) in [6.07, 6.45) is 8.09. The number of nitrogens with one attached hydrogen (secondary N) is 2. The summed E-state index contributed by atoms with van der Waals surface area (Å²) in [5.74, 6) is 0. The average molecular weight is 537 g/mol. The van der Waals surface area contributed by atoms with Gasteiger partial charge in [-0.3, -0.25) is 0 Å². The van der Waals surface area contributed by atoms with E-state index in [1.165, 1.54) is 0 Å². The second-order valence-electron chi connectivity index (χ2n) is 3.86. The molecule has 1 unspecified atom stereocenters. The van der Waals surface area contributed by atoms with E-state index in [4.69, 9.17) is 34.7 Å². The molecule has 0 saturated carbocycles. The average Bonchev–Trinajstić information content (AvgIpc) is 2.49. The van der Waals surface area contributed by atoms with Crippen molar-refractivity contribution in [1.82, 2.24) is 0 Å². The van der Waals surface area contributed by atoms with Crippen LogP contribution in [0.2, 0.25) is 0 Å². The molecular formula is C15H17Cl2N3O2Pt-4. The van der Waals surface area contributed by atoms with Crippen LogP contribution in [0.4, 0.5) is 5.69 Å². The van der Waals surface area contributed by atoms with Gasteiger partial charge >= 0.3 is 35.3 Å². The molecule has 0 spiro atoms. The van der Waals surface area contributed by atoms with E-state index in [1.807, 2.05) is 42.5 Å². The largest absolute Gasteiger partial charge is 0.698 e. The van der Waals surface area contributed by atoms with Gasteiger partial charge < -0.3 is 36.0 Å². The number of benzene rings is 1. The molecule has 0 fully saturated rings. The molecule has 5 nitrogen and oxygen atoms in total. The summed E-state index contributed by atoms with van der Waals surface area (Å²) in [6.45, 7) is 0. The third-order valence-corrected chi connectivity index (χ3v) is 2.82. The van der Waals surface area contributed by atoms with E-state index in [0.29, 0.717) is 5.70 Å². The van der Waals surface area contributed by atoms with Gasteiger partial charge in [-0.2, -0.15) is 0 Å². The summed E-state index contributed by atoms with van der Waals surface area (Å²) in [5, 5.41) is 12.4. The Hall–Kier alpha value is -1.29. The number of halogens is 2. The normalized spacial score (nSPS) is 15.8. The number of hydrogen-bond acceptors (Lipinski definition) is 4. The fourth-order valence-electron chi connectivity index (χ4n) is 2.06. The van der Waals surface area contributed by atoms with Crippen molar-refractivity contribution >= 4 is 30.2 Å². The smallest absolute Gasteiger partial charge is 0.0689 e. The van der Waals surface area contributed by atoms with Gasteiger partial charge in [-0.15, -0.1) is 11.0 Å². The molecular weight excluding hydrogens is 520 g/mol. The van der Waals surface area contributed by atoms with Gasteiger partial charge in [-0.25, -0.2) is 0 Å². The van der Waals surface area contributed by atoms with Crippen LogP contribution in [0.25, 0.3) is 11.4 Å². The molecule has 1 heterocycles. The Bertz CT molecular complexity index is 578. The Kier molecular flexibility index (Phi) is 13.7. The monoisotopic (exact) mass is 536 g/mol. The summed E-state index contributed by atoms with van der Waals surface area (Å²) in [4.78, 5) is 8.00. The van der Waals surface area contributed by atoms with Crippen LogP contribution in [0, 0.1) is 25.0 Å². The summed E-state index contributed by atoms with van der Waals surface area (Å²) >= 11 is -0.472. The topological polar surface area (TPSA) is 88.3 Å². The Labute approximate surface area is 153 Å². The minimum atomic E-state index is -0.472. The quantitative estimate of drug-likeness (QED) is 0.254. The van der Waals surface area contributed by atoms with Crippen LogP contribution < -0.4 is 5.32 Å². The first-order chi connectivity index (χ1) is 10.2. The van der Waals surface area contributed by atoms with Crippen LogP contribution in [-0.2, 0) is 16.5 Å². The van der Waals surface area contributed by atoms with E-state index in [-0.39, 0.29) is 20.9 Å². The van der Waals surface area contributed by atoms with Gasteiger partial charge in [-0.05, 0) is 17.2 Å². The molecule has 1 aromatic carbocycles. The van der Waals surface area contributed by atoms with E-state index in [1.54, 1.807) is 0 Å². The third kappa shape index (κ3) is 6.77. The second-order valence-corrected chi connectivity index (χ2v) is 7.14. The van der Waals surface area contributed by atoms with Crippen molar-refractivity contribution in [2.75, 3.05) is 5.32 Å². The maximum absolute atomic E-state index is 8.13. The van der Waals surface area contributed by atoms with Gasteiger partial charge in [0.2, 0.25) is 0 Å². The fourth-order valence-corrected chi connectivity index (χ4v) is 2.06. The fraction of sp³-hybridized carbons (Fsp3) is 0.0667. The molecule has 1 aromatic rings. The zero-order valence-electron chi connectivity index (χ0n) is 12.5. The summed E-state index contributed by atoms with van der Waals surface area (Å²) < 4.78 is 0. The van der Waals surface area contributed by atoms with Crippen molar-refractivity contribution in [3.8, 4) is 0 Å². The van der Waals surface area contributed by atoms with Gasteiger partial charge in [0.25, 0.3) is 0 Å². The van der Waals surface area contributed by atoms with Gasteiger partial charge in [0, 0.05) is 5.69 Å². The van der Waals surface area contributed by atoms with Crippen molar-refractivity contribution in [2.24, 2.45) is 5.34 Å². The van der Waals surface area contributed by atoms with Crippen LogP contribution in [0.1, 0.15) is 5.56 Å². The van der Waals surface area contributed by atoms with Gasteiger partial charge in [-0.1, -0.05) is 42.5 Å². The van der Waals surface area contributed by atoms with Gasteiger partial charge in [0.05, 0.1) is 6.04 Å². The van der Waals surface area contributed by atoms with Crippen molar-refractivity contribution in [1.29, 1.82) is 0 Å². The van der Waals surface area contributed by atoms with E-state index in [2.05, 4.69) is 11.4 Å². The first-order valence-electron chi connectivity index (χ1n) is 5.63. The summed E-state index contributed by atoms with van der Waals surface area (Å²) in [7, 11) is 9.75. The maximum atomic E-state index is 8.13. The number of fused-ring (bicyclic) bond motifs is 2. The Morgan fingerprint density at radius 3 is 2.39 bits per heavy atom. The van der Waals surface area contributed by atoms with E-state index in [9.17, 15) is 0 Å². The molecule has 0 radical (unpaired) electrons. The maximum Gasteiger partial charge on any atom is 0.0689 e. The first-order valence-corrected chi connectivity index (χ1v) is 11.3. The molecule has 1 aliphatic carbocycles. The second kappa shape index (κ2) is 13.2.